The van der Waals surface area contributed by atoms with Gasteiger partial charge in [-0.2, -0.15) is 0 Å². The topological polar surface area (TPSA) is 85.3 Å². The highest BCUT2D eigenvalue weighted by molar-refractivity contribution is 5.97. The summed E-state index contributed by atoms with van der Waals surface area (Å²) in [6.07, 6.45) is 3.52. The lowest BCUT2D eigenvalue weighted by atomic mass is 9.97. The minimum atomic E-state index is -0.358. The van der Waals surface area contributed by atoms with E-state index in [1.54, 1.807) is 30.5 Å². The van der Waals surface area contributed by atoms with Crippen molar-refractivity contribution >= 4 is 22.3 Å². The standard InChI is InChI=1S/C15H18N4O2/c1-10-9-11(16)6-8-18(10)14-5-4-13(19(20)21)12-3-2-7-17-15(12)14/h2-5,7,10-11H,6,8-9,16H2,1H3. The number of nitro benzene ring substituents is 1. The van der Waals surface area contributed by atoms with Crippen LogP contribution in [0, 0.1) is 10.1 Å². The lowest BCUT2D eigenvalue weighted by molar-refractivity contribution is -0.383. The first-order valence-electron chi connectivity index (χ1n) is 7.12. The Balaban J connectivity index is 2.12. The lowest BCUT2D eigenvalue weighted by Crippen LogP contribution is -2.45. The van der Waals surface area contributed by atoms with Crippen LogP contribution in [0.2, 0.25) is 0 Å². The van der Waals surface area contributed by atoms with Crippen molar-refractivity contribution in [3.63, 3.8) is 0 Å². The molecule has 6 heteroatoms. The zero-order chi connectivity index (χ0) is 15.0. The van der Waals surface area contributed by atoms with Gasteiger partial charge in [-0.25, -0.2) is 0 Å². The molecule has 2 aromatic rings. The zero-order valence-electron chi connectivity index (χ0n) is 11.9. The molecule has 6 nitrogen and oxygen atoms in total. The molecule has 0 radical (unpaired) electrons. The highest BCUT2D eigenvalue weighted by atomic mass is 16.6. The van der Waals surface area contributed by atoms with Gasteiger partial charge < -0.3 is 10.6 Å². The molecule has 1 saturated heterocycles. The lowest BCUT2D eigenvalue weighted by Gasteiger charge is -2.38. The molecular formula is C15H18N4O2. The largest absolute Gasteiger partial charge is 0.367 e. The van der Waals surface area contributed by atoms with E-state index in [0.29, 0.717) is 16.9 Å². The number of hydrogen-bond donors (Lipinski definition) is 1. The maximum Gasteiger partial charge on any atom is 0.278 e. The number of aromatic nitrogens is 1. The van der Waals surface area contributed by atoms with E-state index in [9.17, 15) is 10.1 Å². The highest BCUT2D eigenvalue weighted by Crippen LogP contribution is 2.34. The summed E-state index contributed by atoms with van der Waals surface area (Å²) in [4.78, 5) is 17.4. The van der Waals surface area contributed by atoms with Gasteiger partial charge in [0.15, 0.2) is 0 Å². The number of anilines is 1. The van der Waals surface area contributed by atoms with Gasteiger partial charge in [0.1, 0.15) is 5.52 Å². The van der Waals surface area contributed by atoms with Crippen LogP contribution >= 0.6 is 0 Å². The van der Waals surface area contributed by atoms with Crippen molar-refractivity contribution in [2.75, 3.05) is 11.4 Å². The van der Waals surface area contributed by atoms with E-state index in [4.69, 9.17) is 5.73 Å². The van der Waals surface area contributed by atoms with E-state index >= 15 is 0 Å². The fourth-order valence-electron chi connectivity index (χ4n) is 3.10. The van der Waals surface area contributed by atoms with Gasteiger partial charge in [0, 0.05) is 30.9 Å². The molecule has 3 rings (SSSR count). The third-order valence-corrected chi connectivity index (χ3v) is 4.15. The molecule has 2 N–H and O–H groups in total. The number of rotatable bonds is 2. The van der Waals surface area contributed by atoms with E-state index < -0.39 is 0 Å². The molecule has 0 amide bonds. The predicted octanol–water partition coefficient (Wildman–Crippen LogP) is 2.46. The summed E-state index contributed by atoms with van der Waals surface area (Å²) in [5.41, 5.74) is 7.75. The summed E-state index contributed by atoms with van der Waals surface area (Å²) in [7, 11) is 0. The monoisotopic (exact) mass is 286 g/mol. The molecule has 1 fully saturated rings. The summed E-state index contributed by atoms with van der Waals surface area (Å²) >= 11 is 0. The van der Waals surface area contributed by atoms with Gasteiger partial charge in [0.05, 0.1) is 16.0 Å². The molecule has 1 aromatic heterocycles. The molecule has 110 valence electrons. The molecular weight excluding hydrogens is 268 g/mol. The van der Waals surface area contributed by atoms with Crippen LogP contribution in [0.3, 0.4) is 0 Å². The number of nitrogens with two attached hydrogens (primary N) is 1. The van der Waals surface area contributed by atoms with Crippen LogP contribution in [0.25, 0.3) is 10.9 Å². The molecule has 21 heavy (non-hydrogen) atoms. The Hall–Kier alpha value is -2.21. The van der Waals surface area contributed by atoms with Crippen LogP contribution in [-0.2, 0) is 0 Å². The van der Waals surface area contributed by atoms with Crippen molar-refractivity contribution in [3.05, 3.63) is 40.6 Å². The van der Waals surface area contributed by atoms with Crippen molar-refractivity contribution in [1.82, 2.24) is 4.98 Å². The molecule has 2 unspecified atom stereocenters. The maximum absolute atomic E-state index is 11.2. The predicted molar refractivity (Wildman–Crippen MR) is 82.4 cm³/mol. The second-order valence-electron chi connectivity index (χ2n) is 5.59. The van der Waals surface area contributed by atoms with E-state index in [1.807, 2.05) is 0 Å². The van der Waals surface area contributed by atoms with Gasteiger partial charge in [-0.3, -0.25) is 15.1 Å². The van der Waals surface area contributed by atoms with Gasteiger partial charge in [0.25, 0.3) is 5.69 Å². The number of piperidine rings is 1. The molecule has 1 aromatic carbocycles. The van der Waals surface area contributed by atoms with Crippen molar-refractivity contribution in [3.8, 4) is 0 Å². The first-order chi connectivity index (χ1) is 10.1. The Morgan fingerprint density at radius 3 is 2.95 bits per heavy atom. The fourth-order valence-corrected chi connectivity index (χ4v) is 3.10. The molecule has 1 aliphatic heterocycles. The fraction of sp³-hybridized carbons (Fsp3) is 0.400. The normalized spacial score (nSPS) is 22.5. The van der Waals surface area contributed by atoms with Crippen molar-refractivity contribution in [2.45, 2.75) is 31.8 Å². The summed E-state index contributed by atoms with van der Waals surface area (Å²) in [5, 5.41) is 11.7. The van der Waals surface area contributed by atoms with Crippen LogP contribution in [0.4, 0.5) is 11.4 Å². The zero-order valence-corrected chi connectivity index (χ0v) is 11.9. The Bertz CT molecular complexity index is 688. The average molecular weight is 286 g/mol. The first kappa shape index (κ1) is 13.8. The van der Waals surface area contributed by atoms with Gasteiger partial charge in [0.2, 0.25) is 0 Å². The summed E-state index contributed by atoms with van der Waals surface area (Å²) in [5.74, 6) is 0. The number of hydrogen-bond acceptors (Lipinski definition) is 5. The third kappa shape index (κ3) is 2.42. The molecule has 0 saturated carbocycles. The molecule has 1 aliphatic rings. The SMILES string of the molecule is CC1CC(N)CCN1c1ccc([N+](=O)[O-])c2cccnc12. The Morgan fingerprint density at radius 1 is 1.43 bits per heavy atom. The van der Waals surface area contributed by atoms with Crippen LogP contribution < -0.4 is 10.6 Å². The average Bonchev–Trinajstić information content (AvgIpc) is 2.46. The number of fused-ring (bicyclic) bond motifs is 1. The number of non-ortho nitro benzene ring substituents is 1. The van der Waals surface area contributed by atoms with E-state index in [1.165, 1.54) is 0 Å². The molecule has 2 heterocycles. The van der Waals surface area contributed by atoms with E-state index in [2.05, 4.69) is 16.8 Å². The Kier molecular flexibility index (Phi) is 3.47. The number of nitrogens with zero attached hydrogens (tertiary/aromatic N) is 3. The minimum absolute atomic E-state index is 0.100. The molecule has 0 bridgehead atoms. The summed E-state index contributed by atoms with van der Waals surface area (Å²) in [6.45, 7) is 2.99. The van der Waals surface area contributed by atoms with Crippen LogP contribution in [0.5, 0.6) is 0 Å². The second-order valence-corrected chi connectivity index (χ2v) is 5.59. The van der Waals surface area contributed by atoms with Gasteiger partial charge in [-0.1, -0.05) is 0 Å². The second kappa shape index (κ2) is 5.29. The smallest absolute Gasteiger partial charge is 0.278 e. The summed E-state index contributed by atoms with van der Waals surface area (Å²) in [6, 6.07) is 7.40. The third-order valence-electron chi connectivity index (χ3n) is 4.15. The number of nitro groups is 1. The highest BCUT2D eigenvalue weighted by Gasteiger charge is 2.26. The van der Waals surface area contributed by atoms with Crippen LogP contribution in [0.1, 0.15) is 19.8 Å². The molecule has 0 aliphatic carbocycles. The van der Waals surface area contributed by atoms with E-state index in [0.717, 1.165) is 25.1 Å². The van der Waals surface area contributed by atoms with E-state index in [-0.39, 0.29) is 16.7 Å². The quantitative estimate of drug-likeness (QED) is 0.677. The van der Waals surface area contributed by atoms with Crippen molar-refractivity contribution in [1.29, 1.82) is 0 Å². The van der Waals surface area contributed by atoms with Crippen LogP contribution in [0.15, 0.2) is 30.5 Å². The Morgan fingerprint density at radius 2 is 2.24 bits per heavy atom. The first-order valence-corrected chi connectivity index (χ1v) is 7.12. The van der Waals surface area contributed by atoms with Crippen molar-refractivity contribution < 1.29 is 4.92 Å². The van der Waals surface area contributed by atoms with Gasteiger partial charge in [-0.05, 0) is 38.0 Å². The molecule has 0 spiro atoms. The summed E-state index contributed by atoms with van der Waals surface area (Å²) < 4.78 is 0. The number of benzene rings is 1. The van der Waals surface area contributed by atoms with Gasteiger partial charge in [-0.15, -0.1) is 0 Å². The van der Waals surface area contributed by atoms with Gasteiger partial charge >= 0.3 is 0 Å². The van der Waals surface area contributed by atoms with Crippen molar-refractivity contribution in [2.24, 2.45) is 5.73 Å². The maximum atomic E-state index is 11.2. The molecule has 2 atom stereocenters. The van der Waals surface area contributed by atoms with Crippen LogP contribution in [-0.4, -0.2) is 28.5 Å². The minimum Gasteiger partial charge on any atom is -0.367 e. The Labute approximate surface area is 122 Å². The number of pyridine rings is 1.